The Bertz CT molecular complexity index is 473. The zero-order chi connectivity index (χ0) is 12.6. The van der Waals surface area contributed by atoms with Crippen molar-refractivity contribution < 1.29 is 4.74 Å². The number of halogens is 1. The van der Waals surface area contributed by atoms with Crippen molar-refractivity contribution >= 4 is 12.4 Å². The molecule has 0 spiro atoms. The minimum atomic E-state index is 0. The van der Waals surface area contributed by atoms with Crippen LogP contribution in [0.2, 0.25) is 0 Å². The average Bonchev–Trinajstić information content (AvgIpc) is 2.45. The van der Waals surface area contributed by atoms with Crippen LogP contribution in [0.1, 0.15) is 11.1 Å². The zero-order valence-corrected chi connectivity index (χ0v) is 12.0. The van der Waals surface area contributed by atoms with Crippen LogP contribution in [0.25, 0.3) is 0 Å². The number of hydrogen-bond donors (Lipinski definition) is 1. The van der Waals surface area contributed by atoms with E-state index in [1.165, 1.54) is 11.1 Å². The molecule has 2 nitrogen and oxygen atoms in total. The first kappa shape index (κ1) is 15.5. The van der Waals surface area contributed by atoms with Crippen LogP contribution in [0, 0.1) is 0 Å². The molecule has 0 fully saturated rings. The fraction of sp³-hybridized carbons (Fsp3) is 0.250. The Labute approximate surface area is 121 Å². The van der Waals surface area contributed by atoms with Crippen LogP contribution in [0.5, 0.6) is 5.75 Å². The second-order valence-electron chi connectivity index (χ2n) is 4.26. The SMILES string of the molecule is COc1cccc(CNCCc2ccccc2)c1.Cl. The van der Waals surface area contributed by atoms with Gasteiger partial charge in [0.15, 0.2) is 0 Å². The molecule has 2 aromatic carbocycles. The van der Waals surface area contributed by atoms with Gasteiger partial charge in [-0.05, 0) is 36.2 Å². The first-order valence-electron chi connectivity index (χ1n) is 6.26. The third kappa shape index (κ3) is 5.33. The Morgan fingerprint density at radius 3 is 2.42 bits per heavy atom. The van der Waals surface area contributed by atoms with Crippen LogP contribution >= 0.6 is 12.4 Å². The van der Waals surface area contributed by atoms with Crippen molar-refractivity contribution in [1.29, 1.82) is 0 Å². The van der Waals surface area contributed by atoms with E-state index in [9.17, 15) is 0 Å². The number of ether oxygens (including phenoxy) is 1. The molecule has 2 rings (SSSR count). The van der Waals surface area contributed by atoms with Crippen LogP contribution in [-0.4, -0.2) is 13.7 Å². The van der Waals surface area contributed by atoms with E-state index in [2.05, 4.69) is 41.7 Å². The summed E-state index contributed by atoms with van der Waals surface area (Å²) in [6.45, 7) is 1.87. The average molecular weight is 278 g/mol. The second-order valence-corrected chi connectivity index (χ2v) is 4.26. The maximum absolute atomic E-state index is 5.20. The summed E-state index contributed by atoms with van der Waals surface area (Å²) in [5, 5.41) is 3.45. The predicted molar refractivity (Wildman–Crippen MR) is 82.1 cm³/mol. The summed E-state index contributed by atoms with van der Waals surface area (Å²) >= 11 is 0. The molecule has 0 aliphatic heterocycles. The lowest BCUT2D eigenvalue weighted by Gasteiger charge is -2.06. The molecule has 0 saturated carbocycles. The minimum Gasteiger partial charge on any atom is -0.497 e. The minimum absolute atomic E-state index is 0. The van der Waals surface area contributed by atoms with Gasteiger partial charge in [0.25, 0.3) is 0 Å². The molecule has 0 heterocycles. The summed E-state index contributed by atoms with van der Waals surface area (Å²) in [5.74, 6) is 0.914. The third-order valence-electron chi connectivity index (χ3n) is 2.90. The van der Waals surface area contributed by atoms with Gasteiger partial charge in [-0.25, -0.2) is 0 Å². The third-order valence-corrected chi connectivity index (χ3v) is 2.90. The summed E-state index contributed by atoms with van der Waals surface area (Å²) in [7, 11) is 1.70. The van der Waals surface area contributed by atoms with Crippen molar-refractivity contribution in [2.45, 2.75) is 13.0 Å². The Kier molecular flexibility index (Phi) is 7.01. The number of benzene rings is 2. The van der Waals surface area contributed by atoms with Gasteiger partial charge in [0, 0.05) is 6.54 Å². The smallest absolute Gasteiger partial charge is 0.119 e. The molecule has 0 unspecified atom stereocenters. The van der Waals surface area contributed by atoms with Crippen molar-refractivity contribution in [2.75, 3.05) is 13.7 Å². The van der Waals surface area contributed by atoms with Gasteiger partial charge < -0.3 is 10.1 Å². The quantitative estimate of drug-likeness (QED) is 0.817. The summed E-state index contributed by atoms with van der Waals surface area (Å²) in [6.07, 6.45) is 1.06. The normalized spacial score (nSPS) is 9.74. The van der Waals surface area contributed by atoms with E-state index in [4.69, 9.17) is 4.74 Å². The van der Waals surface area contributed by atoms with Crippen molar-refractivity contribution in [1.82, 2.24) is 5.32 Å². The van der Waals surface area contributed by atoms with Crippen molar-refractivity contribution in [3.8, 4) is 5.75 Å². The molecule has 0 aliphatic rings. The number of hydrogen-bond acceptors (Lipinski definition) is 2. The van der Waals surface area contributed by atoms with E-state index in [1.54, 1.807) is 7.11 Å². The lowest BCUT2D eigenvalue weighted by Crippen LogP contribution is -2.16. The van der Waals surface area contributed by atoms with E-state index in [-0.39, 0.29) is 12.4 Å². The molecule has 1 N–H and O–H groups in total. The van der Waals surface area contributed by atoms with E-state index in [0.717, 1.165) is 25.3 Å². The van der Waals surface area contributed by atoms with E-state index < -0.39 is 0 Å². The maximum Gasteiger partial charge on any atom is 0.119 e. The summed E-state index contributed by atoms with van der Waals surface area (Å²) in [4.78, 5) is 0. The fourth-order valence-electron chi connectivity index (χ4n) is 1.89. The standard InChI is InChI=1S/C16H19NO.ClH/c1-18-16-9-5-8-15(12-16)13-17-11-10-14-6-3-2-4-7-14;/h2-9,12,17H,10-11,13H2,1H3;1H. The molecule has 0 bridgehead atoms. The lowest BCUT2D eigenvalue weighted by molar-refractivity contribution is 0.414. The van der Waals surface area contributed by atoms with Gasteiger partial charge in [-0.15, -0.1) is 12.4 Å². The second kappa shape index (κ2) is 8.57. The molecule has 0 atom stereocenters. The topological polar surface area (TPSA) is 21.3 Å². The monoisotopic (exact) mass is 277 g/mol. The highest BCUT2D eigenvalue weighted by molar-refractivity contribution is 5.85. The summed E-state index contributed by atoms with van der Waals surface area (Å²) in [5.41, 5.74) is 2.62. The molecule has 2 aromatic rings. The zero-order valence-electron chi connectivity index (χ0n) is 11.1. The Morgan fingerprint density at radius 2 is 1.68 bits per heavy atom. The Morgan fingerprint density at radius 1 is 0.947 bits per heavy atom. The predicted octanol–water partition coefficient (Wildman–Crippen LogP) is 3.45. The molecule has 3 heteroatoms. The van der Waals surface area contributed by atoms with Gasteiger partial charge in [0.05, 0.1) is 7.11 Å². The van der Waals surface area contributed by atoms with Crippen LogP contribution < -0.4 is 10.1 Å². The molecule has 0 saturated heterocycles. The van der Waals surface area contributed by atoms with Gasteiger partial charge in [0.2, 0.25) is 0 Å². The molecule has 102 valence electrons. The van der Waals surface area contributed by atoms with Gasteiger partial charge in [-0.1, -0.05) is 42.5 Å². The van der Waals surface area contributed by atoms with Crippen molar-refractivity contribution in [3.05, 3.63) is 65.7 Å². The van der Waals surface area contributed by atoms with Crippen molar-refractivity contribution in [3.63, 3.8) is 0 Å². The van der Waals surface area contributed by atoms with E-state index in [1.807, 2.05) is 18.2 Å². The number of methoxy groups -OCH3 is 1. The maximum atomic E-state index is 5.20. The highest BCUT2D eigenvalue weighted by Crippen LogP contribution is 2.12. The molecular formula is C16H20ClNO. The summed E-state index contributed by atoms with van der Waals surface area (Å²) < 4.78 is 5.20. The van der Waals surface area contributed by atoms with Crippen LogP contribution in [-0.2, 0) is 13.0 Å². The van der Waals surface area contributed by atoms with Gasteiger partial charge in [-0.3, -0.25) is 0 Å². The highest BCUT2D eigenvalue weighted by atomic mass is 35.5. The summed E-state index contributed by atoms with van der Waals surface area (Å²) in [6, 6.07) is 18.7. The Hall–Kier alpha value is -1.51. The first-order valence-corrected chi connectivity index (χ1v) is 6.26. The highest BCUT2D eigenvalue weighted by Gasteiger charge is 1.96. The fourth-order valence-corrected chi connectivity index (χ4v) is 1.89. The van der Waals surface area contributed by atoms with Crippen molar-refractivity contribution in [2.24, 2.45) is 0 Å². The number of nitrogens with one attached hydrogen (secondary N) is 1. The van der Waals surface area contributed by atoms with Gasteiger partial charge in [0.1, 0.15) is 5.75 Å². The van der Waals surface area contributed by atoms with Gasteiger partial charge in [-0.2, -0.15) is 0 Å². The van der Waals surface area contributed by atoms with Crippen LogP contribution in [0.4, 0.5) is 0 Å². The van der Waals surface area contributed by atoms with Crippen LogP contribution in [0.15, 0.2) is 54.6 Å². The van der Waals surface area contributed by atoms with E-state index >= 15 is 0 Å². The molecule has 19 heavy (non-hydrogen) atoms. The first-order chi connectivity index (χ1) is 8.88. The lowest BCUT2D eigenvalue weighted by atomic mass is 10.1. The molecular weight excluding hydrogens is 258 g/mol. The molecule has 0 aliphatic carbocycles. The van der Waals surface area contributed by atoms with Crippen LogP contribution in [0.3, 0.4) is 0 Å². The number of rotatable bonds is 6. The van der Waals surface area contributed by atoms with E-state index in [0.29, 0.717) is 0 Å². The van der Waals surface area contributed by atoms with Gasteiger partial charge >= 0.3 is 0 Å². The molecule has 0 aromatic heterocycles. The largest absolute Gasteiger partial charge is 0.497 e. The Balaban J connectivity index is 0.00000180. The molecule has 0 radical (unpaired) electrons. The molecule has 0 amide bonds.